The van der Waals surface area contributed by atoms with E-state index in [1.165, 1.54) is 26.0 Å². The molecule has 0 saturated heterocycles. The summed E-state index contributed by atoms with van der Waals surface area (Å²) in [5.74, 6) is -4.81. The summed E-state index contributed by atoms with van der Waals surface area (Å²) in [7, 11) is 0. The van der Waals surface area contributed by atoms with Crippen molar-refractivity contribution in [3.05, 3.63) is 41.1 Å². The Morgan fingerprint density at radius 3 is 2.48 bits per heavy atom. The number of carboxylic acid groups (broad SMARTS) is 1. The van der Waals surface area contributed by atoms with Gasteiger partial charge >= 0.3 is 18.3 Å². The van der Waals surface area contributed by atoms with Gasteiger partial charge in [-0.05, 0) is 38.5 Å². The lowest BCUT2D eigenvalue weighted by Gasteiger charge is -2.30. The van der Waals surface area contributed by atoms with Gasteiger partial charge in [0.1, 0.15) is 11.7 Å². The van der Waals surface area contributed by atoms with E-state index in [2.05, 4.69) is 9.73 Å². The summed E-state index contributed by atoms with van der Waals surface area (Å²) in [6.07, 6.45) is -4.90. The molecule has 6 nitrogen and oxygen atoms in total. The lowest BCUT2D eigenvalue weighted by Crippen LogP contribution is -2.35. The number of halogens is 3. The van der Waals surface area contributed by atoms with Crippen molar-refractivity contribution >= 4 is 17.7 Å². The third kappa shape index (κ3) is 4.66. The highest BCUT2D eigenvalue weighted by molar-refractivity contribution is 6.06. The van der Waals surface area contributed by atoms with Gasteiger partial charge in [0.15, 0.2) is 0 Å². The van der Waals surface area contributed by atoms with Crippen molar-refractivity contribution in [2.75, 3.05) is 6.61 Å². The second-order valence-electron chi connectivity index (χ2n) is 5.89. The largest absolute Gasteiger partial charge is 0.573 e. The molecular weight excluding hydrogens is 367 g/mol. The summed E-state index contributed by atoms with van der Waals surface area (Å²) in [5.41, 5.74) is 0.676. The lowest BCUT2D eigenvalue weighted by molar-refractivity contribution is -0.274. The molecule has 9 heteroatoms. The maximum atomic E-state index is 12.5. The Bertz CT molecular complexity index is 813. The predicted octanol–water partition coefficient (Wildman–Crippen LogP) is 3.68. The maximum Gasteiger partial charge on any atom is 0.573 e. The van der Waals surface area contributed by atoms with Crippen molar-refractivity contribution < 1.29 is 37.3 Å². The van der Waals surface area contributed by atoms with Gasteiger partial charge in [-0.1, -0.05) is 12.1 Å². The zero-order valence-electron chi connectivity index (χ0n) is 14.8. The number of carbonyl (C=O) groups is 2. The van der Waals surface area contributed by atoms with Crippen LogP contribution < -0.4 is 4.74 Å². The van der Waals surface area contributed by atoms with Crippen molar-refractivity contribution in [2.24, 2.45) is 10.9 Å². The molecule has 0 amide bonds. The number of hydrogen-bond acceptors (Lipinski definition) is 5. The van der Waals surface area contributed by atoms with E-state index in [1.54, 1.807) is 6.92 Å². The highest BCUT2D eigenvalue weighted by atomic mass is 19.4. The number of hydrogen-bond donors (Lipinski definition) is 1. The number of ether oxygens (including phenoxy) is 2. The molecule has 27 heavy (non-hydrogen) atoms. The van der Waals surface area contributed by atoms with Crippen LogP contribution in [-0.4, -0.2) is 35.7 Å². The third-order valence-electron chi connectivity index (χ3n) is 4.04. The van der Waals surface area contributed by atoms with Crippen molar-refractivity contribution in [3.8, 4) is 5.75 Å². The van der Waals surface area contributed by atoms with Crippen LogP contribution in [-0.2, 0) is 14.3 Å². The molecule has 1 N–H and O–H groups in total. The van der Waals surface area contributed by atoms with E-state index in [1.807, 2.05) is 0 Å². The average Bonchev–Trinajstić information content (AvgIpc) is 2.52. The first-order chi connectivity index (χ1) is 12.5. The first-order valence-electron chi connectivity index (χ1n) is 8.06. The Morgan fingerprint density at radius 2 is 1.93 bits per heavy atom. The number of aliphatic carboxylic acids is 1. The highest BCUT2D eigenvalue weighted by Crippen LogP contribution is 2.40. The van der Waals surface area contributed by atoms with E-state index in [-0.39, 0.29) is 29.2 Å². The molecule has 0 radical (unpaired) electrons. The SMILES string of the molecule is CCOC(=O)C1=C(C)N=C(C)C(C(=O)O)C1c1cccc(OC(F)(F)F)c1. The molecular formula is C18H18F3NO5. The van der Waals surface area contributed by atoms with Gasteiger partial charge < -0.3 is 14.6 Å². The van der Waals surface area contributed by atoms with E-state index >= 15 is 0 Å². The molecule has 2 unspecified atom stereocenters. The first-order valence-corrected chi connectivity index (χ1v) is 8.06. The summed E-state index contributed by atoms with van der Waals surface area (Å²) in [4.78, 5) is 28.4. The number of allylic oxidation sites excluding steroid dienone is 1. The molecule has 0 spiro atoms. The van der Waals surface area contributed by atoms with E-state index in [0.717, 1.165) is 12.1 Å². The van der Waals surface area contributed by atoms with Crippen molar-refractivity contribution in [3.63, 3.8) is 0 Å². The fraction of sp³-hybridized carbons (Fsp3) is 0.389. The minimum atomic E-state index is -4.90. The molecule has 0 fully saturated rings. The van der Waals surface area contributed by atoms with Crippen LogP contribution in [0.5, 0.6) is 5.75 Å². The van der Waals surface area contributed by atoms with Crippen molar-refractivity contribution in [2.45, 2.75) is 33.1 Å². The molecule has 0 aromatic heterocycles. The molecule has 0 aliphatic carbocycles. The molecule has 1 aromatic carbocycles. The lowest BCUT2D eigenvalue weighted by atomic mass is 9.75. The zero-order chi connectivity index (χ0) is 20.4. The van der Waals surface area contributed by atoms with Gasteiger partial charge in [0.25, 0.3) is 0 Å². The highest BCUT2D eigenvalue weighted by Gasteiger charge is 2.42. The number of benzene rings is 1. The van der Waals surface area contributed by atoms with Crippen molar-refractivity contribution in [1.82, 2.24) is 0 Å². The average molecular weight is 385 g/mol. The van der Waals surface area contributed by atoms with Crippen LogP contribution >= 0.6 is 0 Å². The third-order valence-corrected chi connectivity index (χ3v) is 4.04. The number of esters is 1. The van der Waals surface area contributed by atoms with Gasteiger partial charge in [-0.25, -0.2) is 4.79 Å². The minimum Gasteiger partial charge on any atom is -0.481 e. The quantitative estimate of drug-likeness (QED) is 0.782. The summed E-state index contributed by atoms with van der Waals surface area (Å²) >= 11 is 0. The fourth-order valence-electron chi connectivity index (χ4n) is 3.10. The standard InChI is InChI=1S/C18H18F3NO5/c1-4-26-17(25)14-10(3)22-9(2)13(16(23)24)15(14)11-6-5-7-12(8-11)27-18(19,20)21/h5-8,13,15H,4H2,1-3H3,(H,23,24). The Balaban J connectivity index is 2.60. The van der Waals surface area contributed by atoms with Crippen LogP contribution in [0.3, 0.4) is 0 Å². The Kier molecular flexibility index (Phi) is 5.92. The number of aliphatic imine (C=N–C) groups is 1. The first kappa shape index (κ1) is 20.5. The molecule has 0 bridgehead atoms. The number of alkyl halides is 3. The van der Waals surface area contributed by atoms with Gasteiger partial charge in [0, 0.05) is 17.3 Å². The monoisotopic (exact) mass is 385 g/mol. The summed E-state index contributed by atoms with van der Waals surface area (Å²) in [6.45, 7) is 4.66. The van der Waals surface area contributed by atoms with E-state index in [4.69, 9.17) is 4.74 Å². The van der Waals surface area contributed by atoms with Gasteiger partial charge in [0.05, 0.1) is 12.2 Å². The van der Waals surface area contributed by atoms with Gasteiger partial charge in [-0.2, -0.15) is 0 Å². The van der Waals surface area contributed by atoms with Crippen LogP contribution in [0.25, 0.3) is 0 Å². The van der Waals surface area contributed by atoms with E-state index in [9.17, 15) is 27.9 Å². The predicted molar refractivity (Wildman–Crippen MR) is 89.4 cm³/mol. The number of rotatable bonds is 5. The Hall–Kier alpha value is -2.84. The summed E-state index contributed by atoms with van der Waals surface area (Å²) in [5, 5.41) is 9.65. The zero-order valence-corrected chi connectivity index (χ0v) is 14.8. The Morgan fingerprint density at radius 1 is 1.26 bits per heavy atom. The van der Waals surface area contributed by atoms with Crippen LogP contribution in [0.4, 0.5) is 13.2 Å². The molecule has 1 aromatic rings. The maximum absolute atomic E-state index is 12.5. The number of carboxylic acids is 1. The van der Waals surface area contributed by atoms with Gasteiger partial charge in [-0.15, -0.1) is 13.2 Å². The van der Waals surface area contributed by atoms with Gasteiger partial charge in [-0.3, -0.25) is 9.79 Å². The van der Waals surface area contributed by atoms with Crippen molar-refractivity contribution in [1.29, 1.82) is 0 Å². The normalized spacial score (nSPS) is 20.1. The molecule has 1 aliphatic rings. The van der Waals surface area contributed by atoms with Crippen LogP contribution in [0.1, 0.15) is 32.3 Å². The number of carbonyl (C=O) groups excluding carboxylic acids is 1. The summed E-state index contributed by atoms with van der Waals surface area (Å²) < 4.78 is 46.5. The van der Waals surface area contributed by atoms with Crippen LogP contribution in [0, 0.1) is 5.92 Å². The van der Waals surface area contributed by atoms with E-state index < -0.39 is 35.9 Å². The molecule has 1 aliphatic heterocycles. The molecule has 0 saturated carbocycles. The smallest absolute Gasteiger partial charge is 0.481 e. The summed E-state index contributed by atoms with van der Waals surface area (Å²) in [6, 6.07) is 4.90. The van der Waals surface area contributed by atoms with Crippen LogP contribution in [0.2, 0.25) is 0 Å². The second kappa shape index (κ2) is 7.81. The molecule has 2 atom stereocenters. The molecule has 1 heterocycles. The molecule has 2 rings (SSSR count). The Labute approximate surface area is 153 Å². The fourth-order valence-corrected chi connectivity index (χ4v) is 3.10. The van der Waals surface area contributed by atoms with E-state index in [0.29, 0.717) is 0 Å². The molecule has 146 valence electrons. The second-order valence-corrected chi connectivity index (χ2v) is 5.89. The van der Waals surface area contributed by atoms with Crippen LogP contribution in [0.15, 0.2) is 40.5 Å². The minimum absolute atomic E-state index is 0.000918. The van der Waals surface area contributed by atoms with Gasteiger partial charge in [0.2, 0.25) is 0 Å². The number of nitrogens with zero attached hydrogens (tertiary/aromatic N) is 1. The topological polar surface area (TPSA) is 85.2 Å².